The van der Waals surface area contributed by atoms with Crippen LogP contribution in [0.1, 0.15) is 50.0 Å². The average Bonchev–Trinajstić information content (AvgIpc) is 2.62. The van der Waals surface area contributed by atoms with Crippen LogP contribution in [0.2, 0.25) is 0 Å². The van der Waals surface area contributed by atoms with E-state index in [2.05, 4.69) is 4.90 Å². The van der Waals surface area contributed by atoms with Crippen molar-refractivity contribution in [2.45, 2.75) is 32.9 Å². The first-order chi connectivity index (χ1) is 15.0. The first-order valence-electron chi connectivity index (χ1n) is 12.4. The summed E-state index contributed by atoms with van der Waals surface area (Å²) in [5.74, 6) is -1.00. The summed E-state index contributed by atoms with van der Waals surface area (Å²) in [4.78, 5) is 13.1. The highest BCUT2D eigenvalue weighted by atomic mass is 16.5. The molecule has 1 N–H and O–H groups in total. The lowest BCUT2D eigenvalue weighted by atomic mass is 9.83. The van der Waals surface area contributed by atoms with Gasteiger partial charge < -0.3 is 9.84 Å². The molecule has 1 aliphatic carbocycles. The molecule has 1 aliphatic heterocycles. The molecule has 24 heavy (non-hydrogen) atoms. The number of likely N-dealkylation sites (tertiary alicyclic amines) is 1. The zero-order valence-corrected chi connectivity index (χ0v) is 13.5. The van der Waals surface area contributed by atoms with Gasteiger partial charge >= 0.3 is 5.97 Å². The molecule has 1 saturated heterocycles. The predicted molar refractivity (Wildman–Crippen MR) is 95.3 cm³/mol. The number of carbonyl (C=O) groups is 1. The largest absolute Gasteiger partial charge is 0.494 e. The molecule has 1 heterocycles. The number of carboxylic acid groups (broad SMARTS) is 1. The minimum absolute atomic E-state index is 0.0277. The van der Waals surface area contributed by atoms with Crippen molar-refractivity contribution in [1.29, 1.82) is 0 Å². The molecule has 0 bridgehead atoms. The van der Waals surface area contributed by atoms with Gasteiger partial charge in [-0.25, -0.2) is 0 Å². The van der Waals surface area contributed by atoms with Crippen LogP contribution in [0.15, 0.2) is 23.8 Å². The van der Waals surface area contributed by atoms with Crippen molar-refractivity contribution in [1.82, 2.24) is 4.90 Å². The van der Waals surface area contributed by atoms with Crippen molar-refractivity contribution in [3.63, 3.8) is 0 Å². The van der Waals surface area contributed by atoms with Gasteiger partial charge in [-0.2, -0.15) is 0 Å². The van der Waals surface area contributed by atoms with Crippen LogP contribution in [0, 0.1) is 11.8 Å². The first-order valence-corrected chi connectivity index (χ1v) is 7.94. The molecule has 3 rings (SSSR count). The molecule has 0 spiro atoms. The van der Waals surface area contributed by atoms with Crippen LogP contribution >= 0.6 is 0 Å². The molecular formula is C20H27NO3. The number of aliphatic carboxylic acids is 1. The second-order valence-electron chi connectivity index (χ2n) is 6.37. The van der Waals surface area contributed by atoms with Crippen LogP contribution in [0.25, 0.3) is 6.08 Å². The third-order valence-corrected chi connectivity index (χ3v) is 4.61. The van der Waals surface area contributed by atoms with E-state index in [0.717, 1.165) is 16.7 Å². The van der Waals surface area contributed by atoms with E-state index in [9.17, 15) is 4.79 Å². The number of hydrogen-bond donors (Lipinski definition) is 1. The quantitative estimate of drug-likeness (QED) is 0.827. The zero-order chi connectivity index (χ0) is 25.0. The summed E-state index contributed by atoms with van der Waals surface area (Å²) in [5.41, 5.74) is 2.87. The highest BCUT2D eigenvalue weighted by molar-refractivity contribution is 5.71. The Hall–Kier alpha value is -1.81. The van der Waals surface area contributed by atoms with Crippen molar-refractivity contribution in [3.8, 4) is 5.75 Å². The summed E-state index contributed by atoms with van der Waals surface area (Å²) < 4.78 is 74.1. The van der Waals surface area contributed by atoms with Crippen molar-refractivity contribution in [3.05, 3.63) is 34.9 Å². The number of carboxylic acids is 1. The molecule has 0 saturated carbocycles. The maximum absolute atomic E-state index is 11.0. The summed E-state index contributed by atoms with van der Waals surface area (Å²) >= 11 is 0. The number of rotatable bonds is 7. The highest BCUT2D eigenvalue weighted by Gasteiger charge is 2.33. The SMILES string of the molecule is [2H]C([2H])([2H])C([2H])([2H])C([2H])([2H])C([2H])([2H])Oc1ccc2c(c1)C[C@H](C)C(CN1CC(C(=O)O)C1)=C2. The van der Waals surface area contributed by atoms with Crippen LogP contribution < -0.4 is 4.74 Å². The molecular weight excluding hydrogens is 302 g/mol. The van der Waals surface area contributed by atoms with E-state index in [4.69, 9.17) is 22.2 Å². The Morgan fingerprint density at radius 2 is 2.33 bits per heavy atom. The van der Waals surface area contributed by atoms with E-state index in [0.29, 0.717) is 26.1 Å². The van der Waals surface area contributed by atoms with E-state index in [1.165, 1.54) is 6.07 Å². The van der Waals surface area contributed by atoms with Gasteiger partial charge in [0, 0.05) is 29.2 Å². The number of hydrogen-bond acceptors (Lipinski definition) is 3. The van der Waals surface area contributed by atoms with Gasteiger partial charge in [0.2, 0.25) is 0 Å². The number of benzene rings is 1. The van der Waals surface area contributed by atoms with E-state index in [1.807, 2.05) is 13.0 Å². The average molecular weight is 338 g/mol. The highest BCUT2D eigenvalue weighted by Crippen LogP contribution is 2.32. The fourth-order valence-corrected chi connectivity index (χ4v) is 3.19. The van der Waals surface area contributed by atoms with Crippen molar-refractivity contribution >= 4 is 12.0 Å². The Morgan fingerprint density at radius 3 is 3.08 bits per heavy atom. The summed E-state index contributed by atoms with van der Waals surface area (Å²) in [6.07, 6.45) is -4.34. The van der Waals surface area contributed by atoms with Crippen LogP contribution in [-0.2, 0) is 11.2 Å². The maximum atomic E-state index is 11.0. The van der Waals surface area contributed by atoms with Crippen LogP contribution in [0.5, 0.6) is 5.75 Å². The lowest BCUT2D eigenvalue weighted by Crippen LogP contribution is -2.51. The molecule has 1 aromatic carbocycles. The normalized spacial score (nSPS) is 28.8. The monoisotopic (exact) mass is 338 g/mol. The molecule has 130 valence electrons. The molecule has 1 aromatic rings. The second-order valence-corrected chi connectivity index (χ2v) is 6.37. The topological polar surface area (TPSA) is 49.8 Å². The molecule has 0 aromatic heterocycles. The van der Waals surface area contributed by atoms with E-state index in [-0.39, 0.29) is 17.6 Å². The van der Waals surface area contributed by atoms with Crippen LogP contribution in [0.4, 0.5) is 0 Å². The van der Waals surface area contributed by atoms with Gasteiger partial charge in [-0.3, -0.25) is 9.69 Å². The molecule has 1 fully saturated rings. The lowest BCUT2D eigenvalue weighted by molar-refractivity contribution is -0.147. The number of ether oxygens (including phenoxy) is 1. The Kier molecular flexibility index (Phi) is 2.78. The molecule has 2 aliphatic rings. The standard InChI is InChI=1S/C20H27NO3/c1-3-4-7-24-19-6-5-15-9-17(14(2)8-16(15)10-19)11-21-12-18(13-21)20(22)23/h5-6,9-10,14,18H,3-4,7-8,11-13H2,1-2H3,(H,22,23)/t14-/m0/s1/i1D3,3D2,4D2,7D2. The van der Waals surface area contributed by atoms with E-state index >= 15 is 0 Å². The van der Waals surface area contributed by atoms with Crippen molar-refractivity contribution < 1.29 is 27.0 Å². The summed E-state index contributed by atoms with van der Waals surface area (Å²) in [6.45, 7) is -2.92. The summed E-state index contributed by atoms with van der Waals surface area (Å²) in [5, 5.41) is 9.03. The molecule has 0 unspecified atom stereocenters. The molecule has 0 amide bonds. The number of fused-ring (bicyclic) bond motifs is 1. The third kappa shape index (κ3) is 3.81. The Labute approximate surface area is 156 Å². The van der Waals surface area contributed by atoms with Gasteiger partial charge in [0.1, 0.15) is 5.75 Å². The van der Waals surface area contributed by atoms with Gasteiger partial charge in [0.15, 0.2) is 0 Å². The van der Waals surface area contributed by atoms with Gasteiger partial charge in [-0.1, -0.05) is 37.9 Å². The van der Waals surface area contributed by atoms with Gasteiger partial charge in [-0.05, 0) is 42.0 Å². The fraction of sp³-hybridized carbons (Fsp3) is 0.550. The van der Waals surface area contributed by atoms with Crippen molar-refractivity contribution in [2.75, 3.05) is 26.2 Å². The smallest absolute Gasteiger partial charge is 0.309 e. The Balaban J connectivity index is 1.76. The van der Waals surface area contributed by atoms with Gasteiger partial charge in [0.25, 0.3) is 0 Å². The predicted octanol–water partition coefficient (Wildman–Crippen LogP) is 3.46. The number of nitrogens with zero attached hydrogens (tertiary/aromatic N) is 1. The molecule has 4 heteroatoms. The molecule has 4 nitrogen and oxygen atoms in total. The third-order valence-electron chi connectivity index (χ3n) is 4.61. The van der Waals surface area contributed by atoms with Crippen molar-refractivity contribution in [2.24, 2.45) is 11.8 Å². The van der Waals surface area contributed by atoms with Crippen LogP contribution in [0.3, 0.4) is 0 Å². The fourth-order valence-electron chi connectivity index (χ4n) is 3.19. The van der Waals surface area contributed by atoms with E-state index < -0.39 is 32.1 Å². The minimum atomic E-state index is -3.49. The van der Waals surface area contributed by atoms with Gasteiger partial charge in [-0.15, -0.1) is 0 Å². The zero-order valence-electron chi connectivity index (χ0n) is 22.5. The van der Waals surface area contributed by atoms with Crippen LogP contribution in [-0.4, -0.2) is 42.2 Å². The van der Waals surface area contributed by atoms with Gasteiger partial charge in [0.05, 0.1) is 15.2 Å². The Morgan fingerprint density at radius 1 is 1.50 bits per heavy atom. The maximum Gasteiger partial charge on any atom is 0.309 e. The lowest BCUT2D eigenvalue weighted by Gasteiger charge is -2.38. The van der Waals surface area contributed by atoms with E-state index in [1.54, 1.807) is 12.1 Å². The Bertz CT molecular complexity index is 953. The summed E-state index contributed by atoms with van der Waals surface area (Å²) in [7, 11) is 0. The summed E-state index contributed by atoms with van der Waals surface area (Å²) in [6, 6.07) is 4.69. The first kappa shape index (κ1) is 9.04. The second kappa shape index (κ2) is 7.39. The molecule has 0 radical (unpaired) electrons. The minimum Gasteiger partial charge on any atom is -0.494 e. The molecule has 1 atom stereocenters.